The molecule has 14 heavy (non-hydrogen) atoms. The van der Waals surface area contributed by atoms with E-state index in [1.807, 2.05) is 14.1 Å². The van der Waals surface area contributed by atoms with Crippen LogP contribution in [0, 0.1) is 5.92 Å². The van der Waals surface area contributed by atoms with Crippen LogP contribution in [0.4, 0.5) is 0 Å². The maximum atomic E-state index is 11.4. The number of hydrogen-bond acceptors (Lipinski definition) is 2. The third kappa shape index (κ3) is 5.22. The molecular weight excluding hydrogens is 176 g/mol. The monoisotopic (exact) mass is 200 g/mol. The van der Waals surface area contributed by atoms with E-state index < -0.39 is 0 Å². The fraction of sp³-hybridized carbons (Fsp3) is 0.909. The molecule has 1 N–H and O–H groups in total. The number of hydrogen-bond donors (Lipinski definition) is 1. The molecule has 0 spiro atoms. The maximum absolute atomic E-state index is 11.4. The van der Waals surface area contributed by atoms with Gasteiger partial charge in [-0.3, -0.25) is 4.79 Å². The average Bonchev–Trinajstić information content (AvgIpc) is 2.19. The number of amides is 1. The summed E-state index contributed by atoms with van der Waals surface area (Å²) >= 11 is 0. The third-order valence-corrected chi connectivity index (χ3v) is 2.13. The van der Waals surface area contributed by atoms with Crippen molar-refractivity contribution in [3.63, 3.8) is 0 Å². The van der Waals surface area contributed by atoms with E-state index in [1.54, 1.807) is 4.90 Å². The summed E-state index contributed by atoms with van der Waals surface area (Å²) in [5.74, 6) is 0.553. The van der Waals surface area contributed by atoms with E-state index in [0.29, 0.717) is 0 Å². The van der Waals surface area contributed by atoms with Crippen LogP contribution in [0.3, 0.4) is 0 Å². The molecule has 84 valence electrons. The lowest BCUT2D eigenvalue weighted by molar-refractivity contribution is -0.133. The molecule has 0 aliphatic carbocycles. The van der Waals surface area contributed by atoms with Gasteiger partial charge < -0.3 is 10.2 Å². The van der Waals surface area contributed by atoms with Gasteiger partial charge >= 0.3 is 0 Å². The molecule has 0 atom stereocenters. The summed E-state index contributed by atoms with van der Waals surface area (Å²) in [6, 6.07) is 0. The van der Waals surface area contributed by atoms with Crippen molar-refractivity contribution in [1.29, 1.82) is 0 Å². The number of carbonyl (C=O) groups is 1. The molecule has 0 bridgehead atoms. The number of nitrogens with one attached hydrogen (secondary N) is 1. The third-order valence-electron chi connectivity index (χ3n) is 2.13. The quantitative estimate of drug-likeness (QED) is 0.695. The predicted molar refractivity (Wildman–Crippen MR) is 60.3 cm³/mol. The summed E-state index contributed by atoms with van der Waals surface area (Å²) in [6.07, 6.45) is 3.24. The number of piperidine rings is 1. The Morgan fingerprint density at radius 2 is 1.71 bits per heavy atom. The predicted octanol–water partition coefficient (Wildman–Crippen LogP) is 1.49. The first-order chi connectivity index (χ1) is 6.63. The van der Waals surface area contributed by atoms with Crippen LogP contribution in [0.25, 0.3) is 0 Å². The summed E-state index contributed by atoms with van der Waals surface area (Å²) in [4.78, 5) is 13.1. The van der Waals surface area contributed by atoms with E-state index in [4.69, 9.17) is 0 Å². The van der Waals surface area contributed by atoms with Crippen molar-refractivity contribution in [2.75, 3.05) is 27.2 Å². The van der Waals surface area contributed by atoms with Crippen LogP contribution >= 0.6 is 0 Å². The Balaban J connectivity index is 0.000000500. The fourth-order valence-corrected chi connectivity index (χ4v) is 1.43. The molecule has 1 rings (SSSR count). The van der Waals surface area contributed by atoms with Crippen molar-refractivity contribution in [3.8, 4) is 0 Å². The molecule has 1 saturated heterocycles. The van der Waals surface area contributed by atoms with Crippen molar-refractivity contribution in [1.82, 2.24) is 10.2 Å². The zero-order chi connectivity index (χ0) is 11.0. The minimum atomic E-state index is 0.270. The molecule has 0 radical (unpaired) electrons. The number of nitrogens with zero attached hydrogens (tertiary/aromatic N) is 1. The fourth-order valence-electron chi connectivity index (χ4n) is 1.43. The normalized spacial score (nSPS) is 16.9. The van der Waals surface area contributed by atoms with E-state index in [0.717, 1.165) is 25.9 Å². The maximum Gasteiger partial charge on any atom is 0.225 e. The van der Waals surface area contributed by atoms with Crippen molar-refractivity contribution < 1.29 is 4.79 Å². The zero-order valence-corrected chi connectivity index (χ0v) is 9.97. The molecular formula is C11H24N2O. The summed E-state index contributed by atoms with van der Waals surface area (Å²) in [5, 5.41) is 3.24. The van der Waals surface area contributed by atoms with E-state index >= 15 is 0 Å². The number of rotatable bonds is 1. The second-order valence-electron chi connectivity index (χ2n) is 3.96. The largest absolute Gasteiger partial charge is 0.349 e. The summed E-state index contributed by atoms with van der Waals surface area (Å²) in [5.41, 5.74) is 0. The van der Waals surface area contributed by atoms with Gasteiger partial charge in [-0.2, -0.15) is 0 Å². The van der Waals surface area contributed by atoms with Gasteiger partial charge in [0.2, 0.25) is 5.91 Å². The highest BCUT2D eigenvalue weighted by molar-refractivity contribution is 5.78. The highest BCUT2D eigenvalue weighted by Crippen LogP contribution is 2.13. The van der Waals surface area contributed by atoms with Gasteiger partial charge in [-0.1, -0.05) is 20.3 Å². The van der Waals surface area contributed by atoms with Gasteiger partial charge in [0.15, 0.2) is 0 Å². The van der Waals surface area contributed by atoms with Gasteiger partial charge in [-0.25, -0.2) is 0 Å². The molecule has 1 amide bonds. The lowest BCUT2D eigenvalue weighted by atomic mass is 9.97. The van der Waals surface area contributed by atoms with Gasteiger partial charge in [0.25, 0.3) is 0 Å². The van der Waals surface area contributed by atoms with E-state index in [2.05, 4.69) is 19.2 Å². The molecule has 1 aliphatic heterocycles. The Labute approximate surface area is 87.9 Å². The first-order valence-electron chi connectivity index (χ1n) is 5.55. The van der Waals surface area contributed by atoms with Gasteiger partial charge in [0.1, 0.15) is 0 Å². The van der Waals surface area contributed by atoms with Crippen LogP contribution in [0.2, 0.25) is 0 Å². The SMILES string of the molecule is CCC.CN(C)C(=O)C1CCNCC1. The van der Waals surface area contributed by atoms with Crippen LogP contribution < -0.4 is 5.32 Å². The lowest BCUT2D eigenvalue weighted by Gasteiger charge is -2.24. The van der Waals surface area contributed by atoms with Crippen LogP contribution in [-0.4, -0.2) is 38.0 Å². The van der Waals surface area contributed by atoms with Crippen molar-refractivity contribution >= 4 is 5.91 Å². The van der Waals surface area contributed by atoms with E-state index in [1.165, 1.54) is 6.42 Å². The average molecular weight is 200 g/mol. The van der Waals surface area contributed by atoms with Crippen molar-refractivity contribution in [2.45, 2.75) is 33.1 Å². The Bertz CT molecular complexity index is 151. The minimum absolute atomic E-state index is 0.270. The topological polar surface area (TPSA) is 32.3 Å². The van der Waals surface area contributed by atoms with E-state index in [9.17, 15) is 4.79 Å². The molecule has 1 heterocycles. The van der Waals surface area contributed by atoms with Gasteiger partial charge in [-0.15, -0.1) is 0 Å². The molecule has 1 fully saturated rings. The van der Waals surface area contributed by atoms with E-state index in [-0.39, 0.29) is 11.8 Å². The first-order valence-corrected chi connectivity index (χ1v) is 5.55. The lowest BCUT2D eigenvalue weighted by Crippen LogP contribution is -2.37. The standard InChI is InChI=1S/C8H16N2O.C3H8/c1-10(2)8(11)7-3-5-9-6-4-7;1-3-2/h7,9H,3-6H2,1-2H3;3H2,1-2H3. The minimum Gasteiger partial charge on any atom is -0.349 e. The van der Waals surface area contributed by atoms with Gasteiger partial charge in [0.05, 0.1) is 0 Å². The molecule has 3 heteroatoms. The first kappa shape index (κ1) is 13.4. The van der Waals surface area contributed by atoms with Crippen LogP contribution in [-0.2, 0) is 4.79 Å². The van der Waals surface area contributed by atoms with Gasteiger partial charge in [-0.05, 0) is 25.9 Å². The highest BCUT2D eigenvalue weighted by atomic mass is 16.2. The molecule has 3 nitrogen and oxygen atoms in total. The molecule has 1 aliphatic rings. The molecule has 0 unspecified atom stereocenters. The summed E-state index contributed by atoms with van der Waals surface area (Å²) in [6.45, 7) is 6.23. The van der Waals surface area contributed by atoms with Crippen LogP contribution in [0.5, 0.6) is 0 Å². The zero-order valence-electron chi connectivity index (χ0n) is 9.97. The molecule has 0 aromatic carbocycles. The Kier molecular flexibility index (Phi) is 7.48. The van der Waals surface area contributed by atoms with Crippen molar-refractivity contribution in [2.24, 2.45) is 5.92 Å². The molecule has 0 aromatic heterocycles. The smallest absolute Gasteiger partial charge is 0.225 e. The summed E-state index contributed by atoms with van der Waals surface area (Å²) in [7, 11) is 3.65. The molecule has 0 saturated carbocycles. The summed E-state index contributed by atoms with van der Waals surface area (Å²) < 4.78 is 0. The highest BCUT2D eigenvalue weighted by Gasteiger charge is 2.21. The second-order valence-corrected chi connectivity index (χ2v) is 3.96. The second kappa shape index (κ2) is 7.80. The van der Waals surface area contributed by atoms with Gasteiger partial charge in [0, 0.05) is 20.0 Å². The Morgan fingerprint density at radius 1 is 1.29 bits per heavy atom. The Morgan fingerprint density at radius 3 is 2.07 bits per heavy atom. The van der Waals surface area contributed by atoms with Crippen molar-refractivity contribution in [3.05, 3.63) is 0 Å². The van der Waals surface area contributed by atoms with Crippen LogP contribution in [0.15, 0.2) is 0 Å². The Hall–Kier alpha value is -0.570. The van der Waals surface area contributed by atoms with Crippen LogP contribution in [0.1, 0.15) is 33.1 Å². The number of carbonyl (C=O) groups excluding carboxylic acids is 1. The molecule has 0 aromatic rings.